The van der Waals surface area contributed by atoms with Gasteiger partial charge in [-0.05, 0) is 62.9 Å². The number of benzene rings is 1. The van der Waals surface area contributed by atoms with Crippen LogP contribution in [0.3, 0.4) is 0 Å². The summed E-state index contributed by atoms with van der Waals surface area (Å²) in [7, 11) is 0. The lowest BCUT2D eigenvalue weighted by molar-refractivity contribution is -0.161. The molecule has 0 spiro atoms. The summed E-state index contributed by atoms with van der Waals surface area (Å²) in [5, 5.41) is 13.1. The van der Waals surface area contributed by atoms with Gasteiger partial charge in [0.05, 0.1) is 5.56 Å². The number of aryl methyl sites for hydroxylation is 1. The molecule has 1 aliphatic rings. The van der Waals surface area contributed by atoms with Crippen LogP contribution in [0.4, 0.5) is 5.00 Å². The second kappa shape index (κ2) is 8.21. The molecule has 0 saturated carbocycles. The van der Waals surface area contributed by atoms with Gasteiger partial charge in [-0.3, -0.25) is 4.79 Å². The van der Waals surface area contributed by atoms with Crippen LogP contribution in [0, 0.1) is 11.3 Å². The molecule has 0 fully saturated rings. The number of carbonyl (C=O) groups is 2. The van der Waals surface area contributed by atoms with Crippen molar-refractivity contribution in [1.82, 2.24) is 0 Å². The van der Waals surface area contributed by atoms with Crippen LogP contribution < -0.4 is 10.1 Å². The van der Waals surface area contributed by atoms with Gasteiger partial charge in [-0.2, -0.15) is 5.26 Å². The highest BCUT2D eigenvalue weighted by Crippen LogP contribution is 2.38. The minimum absolute atomic E-state index is 0.459. The quantitative estimate of drug-likeness (QED) is 0.713. The van der Waals surface area contributed by atoms with Gasteiger partial charge >= 0.3 is 5.97 Å². The van der Waals surface area contributed by atoms with Crippen LogP contribution in [0.5, 0.6) is 5.75 Å². The lowest BCUT2D eigenvalue weighted by atomic mass is 10.1. The number of nitrogens with zero attached hydrogens (tertiary/aromatic N) is 1. The highest BCUT2D eigenvalue weighted by atomic mass is 35.5. The van der Waals surface area contributed by atoms with Crippen LogP contribution in [0.15, 0.2) is 24.3 Å². The Balaban J connectivity index is 1.56. The van der Waals surface area contributed by atoms with Crippen LogP contribution in [0.1, 0.15) is 36.3 Å². The summed E-state index contributed by atoms with van der Waals surface area (Å²) in [6, 6.07) is 8.74. The predicted octanol–water partition coefficient (Wildman–Crippen LogP) is 4.10. The Labute approximate surface area is 172 Å². The minimum atomic E-state index is -1.28. The Morgan fingerprint density at radius 2 is 2.00 bits per heavy atom. The maximum absolute atomic E-state index is 12.3. The van der Waals surface area contributed by atoms with Crippen LogP contribution in [0.2, 0.25) is 5.02 Å². The van der Waals surface area contributed by atoms with Crippen molar-refractivity contribution in [2.75, 3.05) is 11.9 Å². The van der Waals surface area contributed by atoms with Crippen LogP contribution in [-0.4, -0.2) is 24.1 Å². The molecule has 0 aliphatic heterocycles. The molecule has 0 atom stereocenters. The van der Waals surface area contributed by atoms with E-state index in [1.807, 2.05) is 0 Å². The van der Waals surface area contributed by atoms with E-state index in [1.165, 1.54) is 11.3 Å². The van der Waals surface area contributed by atoms with Crippen molar-refractivity contribution in [3.63, 3.8) is 0 Å². The van der Waals surface area contributed by atoms with Crippen LogP contribution in [0.25, 0.3) is 0 Å². The lowest BCUT2D eigenvalue weighted by Gasteiger charge is -2.24. The smallest absolute Gasteiger partial charge is 0.350 e. The summed E-state index contributed by atoms with van der Waals surface area (Å²) in [5.41, 5.74) is 0.261. The average Bonchev–Trinajstić information content (AvgIpc) is 3.22. The first-order valence-electron chi connectivity index (χ1n) is 8.76. The van der Waals surface area contributed by atoms with Crippen molar-refractivity contribution in [3.8, 4) is 11.8 Å². The van der Waals surface area contributed by atoms with E-state index >= 15 is 0 Å². The molecule has 1 aromatic heterocycles. The third-order valence-electron chi connectivity index (χ3n) is 4.30. The van der Waals surface area contributed by atoms with E-state index < -0.39 is 24.1 Å². The Bertz CT molecular complexity index is 944. The zero-order chi connectivity index (χ0) is 20.3. The number of nitriles is 1. The maximum Gasteiger partial charge on any atom is 0.350 e. The summed E-state index contributed by atoms with van der Waals surface area (Å²) < 4.78 is 10.7. The highest BCUT2D eigenvalue weighted by Gasteiger charge is 2.32. The number of thiophene rings is 1. The summed E-state index contributed by atoms with van der Waals surface area (Å²) in [5.74, 6) is -0.707. The van der Waals surface area contributed by atoms with Crippen molar-refractivity contribution >= 4 is 39.8 Å². The number of anilines is 1. The molecule has 1 amide bonds. The van der Waals surface area contributed by atoms with E-state index in [2.05, 4.69) is 11.4 Å². The molecule has 0 radical (unpaired) electrons. The molecule has 0 bridgehead atoms. The van der Waals surface area contributed by atoms with Crippen molar-refractivity contribution in [2.24, 2.45) is 0 Å². The summed E-state index contributed by atoms with van der Waals surface area (Å²) in [4.78, 5) is 25.7. The van der Waals surface area contributed by atoms with E-state index in [0.717, 1.165) is 29.7 Å². The Morgan fingerprint density at radius 1 is 1.29 bits per heavy atom. The Hall–Kier alpha value is -2.56. The van der Waals surface area contributed by atoms with Gasteiger partial charge in [-0.1, -0.05) is 11.6 Å². The Morgan fingerprint density at radius 3 is 2.68 bits per heavy atom. The average molecular weight is 419 g/mol. The molecule has 146 valence electrons. The predicted molar refractivity (Wildman–Crippen MR) is 107 cm³/mol. The molecule has 1 aromatic carbocycles. The molecule has 8 heteroatoms. The molecular weight excluding hydrogens is 400 g/mol. The molecular formula is C20H19ClN2O4S. The van der Waals surface area contributed by atoms with Gasteiger partial charge in [0, 0.05) is 9.90 Å². The van der Waals surface area contributed by atoms with Gasteiger partial charge in [-0.15, -0.1) is 11.3 Å². The van der Waals surface area contributed by atoms with Gasteiger partial charge < -0.3 is 14.8 Å². The number of fused-ring (bicyclic) bond motifs is 1. The number of hydrogen-bond donors (Lipinski definition) is 1. The fourth-order valence-electron chi connectivity index (χ4n) is 2.92. The second-order valence-corrected chi connectivity index (χ2v) is 8.41. The molecule has 1 aliphatic carbocycles. The van der Waals surface area contributed by atoms with Crippen molar-refractivity contribution < 1.29 is 19.1 Å². The zero-order valence-electron chi connectivity index (χ0n) is 15.5. The van der Waals surface area contributed by atoms with E-state index in [1.54, 1.807) is 38.1 Å². The molecule has 28 heavy (non-hydrogen) atoms. The standard InChI is InChI=1S/C20H19ClN2O4S/c1-20(2,27-13-8-6-12(21)7-9-13)19(25)26-11-17(24)23-18-15(10-22)14-4-3-5-16(14)28-18/h6-9H,3-5,11H2,1-2H3,(H,23,24). The van der Waals surface area contributed by atoms with E-state index in [9.17, 15) is 14.9 Å². The van der Waals surface area contributed by atoms with Crippen molar-refractivity contribution in [3.05, 3.63) is 45.3 Å². The van der Waals surface area contributed by atoms with Gasteiger partial charge in [0.15, 0.2) is 12.2 Å². The third-order valence-corrected chi connectivity index (χ3v) is 5.76. The monoisotopic (exact) mass is 418 g/mol. The first-order valence-corrected chi connectivity index (χ1v) is 9.96. The lowest BCUT2D eigenvalue weighted by Crippen LogP contribution is -2.41. The van der Waals surface area contributed by atoms with Crippen LogP contribution >= 0.6 is 22.9 Å². The van der Waals surface area contributed by atoms with Gasteiger partial charge in [0.25, 0.3) is 5.91 Å². The number of ether oxygens (including phenoxy) is 2. The zero-order valence-corrected chi connectivity index (χ0v) is 17.1. The van der Waals surface area contributed by atoms with Gasteiger partial charge in [0.2, 0.25) is 0 Å². The maximum atomic E-state index is 12.3. The van der Waals surface area contributed by atoms with E-state index in [4.69, 9.17) is 21.1 Å². The summed E-state index contributed by atoms with van der Waals surface area (Å²) >= 11 is 7.25. The Kier molecular flexibility index (Phi) is 5.92. The fourth-order valence-corrected chi connectivity index (χ4v) is 4.30. The first kappa shape index (κ1) is 20.2. The highest BCUT2D eigenvalue weighted by molar-refractivity contribution is 7.16. The van der Waals surface area contributed by atoms with Crippen molar-refractivity contribution in [2.45, 2.75) is 38.7 Å². The molecule has 2 aromatic rings. The molecule has 0 unspecified atom stereocenters. The minimum Gasteiger partial charge on any atom is -0.476 e. The largest absolute Gasteiger partial charge is 0.476 e. The number of hydrogen-bond acceptors (Lipinski definition) is 6. The molecule has 1 N–H and O–H groups in total. The molecule has 3 rings (SSSR count). The third kappa shape index (κ3) is 4.46. The number of carbonyl (C=O) groups excluding carboxylic acids is 2. The molecule has 6 nitrogen and oxygen atoms in total. The number of amides is 1. The van der Waals surface area contributed by atoms with E-state index in [-0.39, 0.29) is 0 Å². The number of esters is 1. The second-order valence-electron chi connectivity index (χ2n) is 6.86. The SMILES string of the molecule is CC(C)(Oc1ccc(Cl)cc1)C(=O)OCC(=O)Nc1sc2c(c1C#N)CCC2. The van der Waals surface area contributed by atoms with Gasteiger partial charge in [0.1, 0.15) is 16.8 Å². The molecule has 0 saturated heterocycles. The topological polar surface area (TPSA) is 88.4 Å². The van der Waals surface area contributed by atoms with Crippen molar-refractivity contribution in [1.29, 1.82) is 5.26 Å². The normalized spacial score (nSPS) is 12.8. The summed E-state index contributed by atoms with van der Waals surface area (Å²) in [6.07, 6.45) is 2.82. The van der Waals surface area contributed by atoms with E-state index in [0.29, 0.717) is 21.3 Å². The number of nitrogens with one attached hydrogen (secondary N) is 1. The van der Waals surface area contributed by atoms with Crippen LogP contribution in [-0.2, 0) is 27.2 Å². The first-order chi connectivity index (χ1) is 13.3. The molecule has 1 heterocycles. The number of rotatable bonds is 6. The number of halogens is 1. The van der Waals surface area contributed by atoms with Gasteiger partial charge in [-0.25, -0.2) is 4.79 Å². The fraction of sp³-hybridized carbons (Fsp3) is 0.350. The summed E-state index contributed by atoms with van der Waals surface area (Å²) in [6.45, 7) is 2.65.